The molecule has 0 saturated heterocycles. The van der Waals surface area contributed by atoms with Crippen molar-refractivity contribution in [2.75, 3.05) is 18.6 Å². The molecular formula is C18H15ClIN4PS. The number of halogens is 2. The van der Waals surface area contributed by atoms with Gasteiger partial charge in [-0.25, -0.2) is 0 Å². The minimum absolute atomic E-state index is 0.239. The Labute approximate surface area is 174 Å². The molecule has 0 aliphatic heterocycles. The Morgan fingerprint density at radius 2 is 1.88 bits per heavy atom. The van der Waals surface area contributed by atoms with Crippen molar-refractivity contribution in [3.63, 3.8) is 0 Å². The summed E-state index contributed by atoms with van der Waals surface area (Å²) in [5, 5.41) is 8.59. The van der Waals surface area contributed by atoms with Crippen molar-refractivity contribution in [3.05, 3.63) is 53.9 Å². The monoisotopic (exact) mass is 512 g/mol. The van der Waals surface area contributed by atoms with Gasteiger partial charge in [-0.3, -0.25) is 3.97 Å². The lowest BCUT2D eigenvalue weighted by molar-refractivity contribution is 1.18. The van der Waals surface area contributed by atoms with Crippen molar-refractivity contribution >= 4 is 88.5 Å². The second-order valence-electron chi connectivity index (χ2n) is 5.99. The second kappa shape index (κ2) is 7.50. The summed E-state index contributed by atoms with van der Waals surface area (Å²) in [6.45, 7) is 4.54. The van der Waals surface area contributed by atoms with Crippen LogP contribution < -0.4 is 10.6 Å². The minimum atomic E-state index is -0.311. The molecule has 2 heterocycles. The molecule has 0 saturated carbocycles. The predicted octanol–water partition coefficient (Wildman–Crippen LogP) is 6.19. The van der Waals surface area contributed by atoms with E-state index in [-0.39, 0.29) is 13.2 Å². The van der Waals surface area contributed by atoms with Crippen LogP contribution in [0.15, 0.2) is 48.7 Å². The summed E-state index contributed by atoms with van der Waals surface area (Å²) in [7, 11) is 1.24. The molecule has 0 atom stereocenters. The van der Waals surface area contributed by atoms with Crippen LogP contribution >= 0.6 is 49.8 Å². The molecule has 0 aliphatic rings. The first-order chi connectivity index (χ1) is 12.6. The number of fused-ring (bicyclic) bond motifs is 2. The quantitative estimate of drug-likeness (QED) is 0.201. The molecule has 2 aromatic carbocycles. The highest BCUT2D eigenvalue weighted by atomic mass is 127. The lowest BCUT2D eigenvalue weighted by Gasteiger charge is -2.18. The van der Waals surface area contributed by atoms with Crippen LogP contribution in [0, 0.1) is 0 Å². The van der Waals surface area contributed by atoms with Gasteiger partial charge < -0.3 is 5.32 Å². The Bertz CT molecular complexity index is 1120. The predicted molar refractivity (Wildman–Crippen MR) is 125 cm³/mol. The van der Waals surface area contributed by atoms with Crippen LogP contribution in [0.4, 0.5) is 11.5 Å². The van der Waals surface area contributed by atoms with Gasteiger partial charge in [0.15, 0.2) is 5.65 Å². The summed E-state index contributed by atoms with van der Waals surface area (Å²) in [6.07, 6.45) is 1.98. The van der Waals surface area contributed by atoms with E-state index in [1.165, 1.54) is 16.1 Å². The Morgan fingerprint density at radius 1 is 1.08 bits per heavy atom. The van der Waals surface area contributed by atoms with Crippen LogP contribution in [0.2, 0.25) is 5.28 Å². The van der Waals surface area contributed by atoms with Crippen LogP contribution in [0.3, 0.4) is 0 Å². The van der Waals surface area contributed by atoms with Crippen LogP contribution in [-0.2, 0) is 0 Å². The van der Waals surface area contributed by atoms with Crippen molar-refractivity contribution < 1.29 is 0 Å². The number of nitrogens with one attached hydrogen (secondary N) is 1. The fourth-order valence-corrected chi connectivity index (χ4v) is 5.81. The normalized spacial score (nSPS) is 11.6. The van der Waals surface area contributed by atoms with E-state index in [4.69, 9.17) is 11.6 Å². The van der Waals surface area contributed by atoms with Crippen LogP contribution in [0.5, 0.6) is 0 Å². The highest BCUT2D eigenvalue weighted by molar-refractivity contribution is 14.2. The van der Waals surface area contributed by atoms with Gasteiger partial charge in [-0.2, -0.15) is 9.97 Å². The van der Waals surface area contributed by atoms with Gasteiger partial charge in [0.1, 0.15) is 5.82 Å². The lowest BCUT2D eigenvalue weighted by atomic mass is 10.1. The first-order valence-corrected chi connectivity index (χ1v) is 13.8. The van der Waals surface area contributed by atoms with Crippen molar-refractivity contribution in [1.82, 2.24) is 13.9 Å². The molecule has 0 bridgehead atoms. The Kier molecular flexibility index (Phi) is 5.28. The van der Waals surface area contributed by atoms with E-state index in [1.807, 2.05) is 16.2 Å². The van der Waals surface area contributed by atoms with Gasteiger partial charge in [-0.1, -0.05) is 38.3 Å². The van der Waals surface area contributed by atoms with E-state index >= 15 is 0 Å². The molecule has 0 spiro atoms. The minimum Gasteiger partial charge on any atom is -0.339 e. The molecular weight excluding hydrogens is 498 g/mol. The summed E-state index contributed by atoms with van der Waals surface area (Å²) in [4.78, 5) is 8.82. The number of hydrogen-bond donors (Lipinski definition) is 1. The third-order valence-electron chi connectivity index (χ3n) is 4.16. The molecule has 1 N–H and O–H groups in total. The largest absolute Gasteiger partial charge is 0.339 e. The topological polar surface area (TPSA) is 42.7 Å². The number of hydrogen-bond acceptors (Lipinski definition) is 4. The van der Waals surface area contributed by atoms with E-state index in [0.717, 1.165) is 22.5 Å². The SMILES string of the molecule is CP(C)c1c(Nc2nc(Cl)nc3c2ccn3SI)ccc2ccccc12. The highest BCUT2D eigenvalue weighted by Crippen LogP contribution is 2.36. The fraction of sp³-hybridized carbons (Fsp3) is 0.111. The first kappa shape index (κ1) is 18.3. The molecule has 4 nitrogen and oxygen atoms in total. The van der Waals surface area contributed by atoms with E-state index in [1.54, 1.807) is 9.12 Å². The first-order valence-electron chi connectivity index (χ1n) is 7.88. The van der Waals surface area contributed by atoms with Crippen LogP contribution in [-0.4, -0.2) is 27.3 Å². The molecule has 0 radical (unpaired) electrons. The molecule has 0 fully saturated rings. The molecule has 132 valence electrons. The van der Waals surface area contributed by atoms with Crippen molar-refractivity contribution in [3.8, 4) is 0 Å². The average molecular weight is 513 g/mol. The maximum atomic E-state index is 6.19. The molecule has 4 aromatic rings. The molecule has 2 aromatic heterocycles. The average Bonchev–Trinajstić information content (AvgIpc) is 3.04. The number of nitrogens with zero attached hydrogens (tertiary/aromatic N) is 3. The molecule has 8 heteroatoms. The van der Waals surface area contributed by atoms with Gasteiger partial charge in [0.2, 0.25) is 5.28 Å². The zero-order valence-electron chi connectivity index (χ0n) is 14.1. The number of rotatable bonds is 4. The summed E-state index contributed by atoms with van der Waals surface area (Å²) in [5.41, 5.74) is 1.88. The molecule has 0 amide bonds. The summed E-state index contributed by atoms with van der Waals surface area (Å²) >= 11 is 8.42. The Balaban J connectivity index is 1.89. The van der Waals surface area contributed by atoms with Crippen LogP contribution in [0.1, 0.15) is 0 Å². The van der Waals surface area contributed by atoms with Gasteiger partial charge >= 0.3 is 0 Å². The zero-order chi connectivity index (χ0) is 18.3. The maximum absolute atomic E-state index is 6.19. The molecule has 0 unspecified atom stereocenters. The number of benzene rings is 2. The summed E-state index contributed by atoms with van der Waals surface area (Å²) < 4.78 is 1.97. The van der Waals surface area contributed by atoms with Gasteiger partial charge in [0.05, 0.1) is 5.39 Å². The van der Waals surface area contributed by atoms with Gasteiger partial charge in [-0.15, -0.1) is 0 Å². The fourth-order valence-electron chi connectivity index (χ4n) is 3.08. The molecule has 4 rings (SSSR count). The Hall–Kier alpha value is -1.08. The zero-order valence-corrected chi connectivity index (χ0v) is 18.7. The van der Waals surface area contributed by atoms with Crippen LogP contribution in [0.25, 0.3) is 21.8 Å². The highest BCUT2D eigenvalue weighted by Gasteiger charge is 2.15. The third-order valence-corrected chi connectivity index (χ3v) is 7.42. The van der Waals surface area contributed by atoms with Crippen molar-refractivity contribution in [2.45, 2.75) is 0 Å². The standard InChI is InChI=1S/C18H15ClIN4PS/c1-25(2)15-12-6-4-3-5-11(12)7-8-14(15)21-16-13-9-10-24(26-20)17(13)23-18(19)22-16/h3-10H,1-2H3,(H,21,22,23). The molecule has 0 aliphatic carbocycles. The van der Waals surface area contributed by atoms with Gasteiger partial charge in [0.25, 0.3) is 0 Å². The van der Waals surface area contributed by atoms with E-state index in [2.05, 4.69) is 86.2 Å². The lowest BCUT2D eigenvalue weighted by Crippen LogP contribution is -2.10. The smallest absolute Gasteiger partial charge is 0.226 e. The van der Waals surface area contributed by atoms with E-state index < -0.39 is 0 Å². The number of anilines is 2. The van der Waals surface area contributed by atoms with Gasteiger partial charge in [-0.05, 0) is 47.8 Å². The van der Waals surface area contributed by atoms with Gasteiger partial charge in [0, 0.05) is 47.5 Å². The third kappa shape index (κ3) is 3.28. The second-order valence-corrected chi connectivity index (χ2v) is 10.3. The number of aromatic nitrogens is 3. The summed E-state index contributed by atoms with van der Waals surface area (Å²) in [6, 6.07) is 14.8. The van der Waals surface area contributed by atoms with Crippen molar-refractivity contribution in [1.29, 1.82) is 0 Å². The molecule has 26 heavy (non-hydrogen) atoms. The van der Waals surface area contributed by atoms with Crippen molar-refractivity contribution in [2.24, 2.45) is 0 Å². The Morgan fingerprint density at radius 3 is 2.65 bits per heavy atom. The van der Waals surface area contributed by atoms with E-state index in [9.17, 15) is 0 Å². The van der Waals surface area contributed by atoms with E-state index in [0.29, 0.717) is 0 Å². The summed E-state index contributed by atoms with van der Waals surface area (Å²) in [5.74, 6) is 0.734. The maximum Gasteiger partial charge on any atom is 0.226 e.